The largest absolute Gasteiger partial charge is 0.472 e. The number of ether oxygens (including phenoxy) is 2. The molecule has 0 aliphatic carbocycles. The lowest BCUT2D eigenvalue weighted by molar-refractivity contribution is -0.154. The summed E-state index contributed by atoms with van der Waals surface area (Å²) in [4.78, 5) is 22.5. The Labute approximate surface area is 293 Å². The molecule has 0 rings (SSSR count). The van der Waals surface area contributed by atoms with Crippen molar-refractivity contribution >= 4 is 13.8 Å². The highest BCUT2D eigenvalue weighted by molar-refractivity contribution is 7.47. The lowest BCUT2D eigenvalue weighted by atomic mass is 10.1. The summed E-state index contributed by atoms with van der Waals surface area (Å²) in [5, 5.41) is 18.3. The van der Waals surface area contributed by atoms with E-state index >= 15 is 0 Å². The zero-order valence-corrected chi connectivity index (χ0v) is 31.6. The van der Waals surface area contributed by atoms with Crippen LogP contribution in [0.5, 0.6) is 0 Å². The van der Waals surface area contributed by atoms with Gasteiger partial charge in [-0.2, -0.15) is 0 Å². The number of hydrogen-bond acceptors (Lipinski definition) is 8. The predicted molar refractivity (Wildman–Crippen MR) is 196 cm³/mol. The van der Waals surface area contributed by atoms with Crippen molar-refractivity contribution in [3.8, 4) is 0 Å². The van der Waals surface area contributed by atoms with Gasteiger partial charge in [0.25, 0.3) is 0 Å². The van der Waals surface area contributed by atoms with Crippen LogP contribution in [-0.2, 0) is 27.9 Å². The Morgan fingerprint density at radius 3 is 1.71 bits per heavy atom. The van der Waals surface area contributed by atoms with E-state index in [1.54, 1.807) is 0 Å². The van der Waals surface area contributed by atoms with Crippen molar-refractivity contribution in [3.63, 3.8) is 0 Å². The topological polar surface area (TPSA) is 132 Å². The predicted octanol–water partition coefficient (Wildman–Crippen LogP) is 9.92. The monoisotopic (exact) mass is 704 g/mol. The van der Waals surface area contributed by atoms with Gasteiger partial charge >= 0.3 is 13.8 Å². The first kappa shape index (κ1) is 46.9. The lowest BCUT2D eigenvalue weighted by Gasteiger charge is -2.20. The normalized spacial score (nSPS) is 14.5. The fourth-order valence-corrected chi connectivity index (χ4v) is 5.94. The molecule has 3 atom stereocenters. The number of hydrogen-bond donors (Lipinski definition) is 3. The molecule has 284 valence electrons. The van der Waals surface area contributed by atoms with Crippen LogP contribution in [0.2, 0.25) is 0 Å². The molecule has 0 aromatic carbocycles. The Kier molecular flexibility index (Phi) is 35.0. The standard InChI is InChI=1S/C38H73O9P/c1-3-5-7-9-11-13-15-17-18-19-20-22-24-26-28-30-38(41)47-37(35-46-48(42,43)45-33-36(40)32-39)34-44-31-29-27-25-23-21-16-14-12-10-8-6-4-2/h11,13,17-18,36-37,39-40H,3-10,12,14-16,19-35H2,1-2H3,(H,42,43)/b13-11-,18-17-. The number of rotatable bonds is 37. The van der Waals surface area contributed by atoms with Crippen LogP contribution >= 0.6 is 7.82 Å². The van der Waals surface area contributed by atoms with Crippen molar-refractivity contribution in [1.82, 2.24) is 0 Å². The molecule has 3 N–H and O–H groups in total. The minimum absolute atomic E-state index is 0.0468. The van der Waals surface area contributed by atoms with Gasteiger partial charge in [-0.05, 0) is 44.9 Å². The van der Waals surface area contributed by atoms with Crippen molar-refractivity contribution in [3.05, 3.63) is 24.3 Å². The van der Waals surface area contributed by atoms with E-state index in [4.69, 9.17) is 23.6 Å². The van der Waals surface area contributed by atoms with E-state index in [9.17, 15) is 19.4 Å². The van der Waals surface area contributed by atoms with Crippen LogP contribution in [0.25, 0.3) is 0 Å². The van der Waals surface area contributed by atoms with Crippen LogP contribution in [0, 0.1) is 0 Å². The van der Waals surface area contributed by atoms with E-state index in [2.05, 4.69) is 38.2 Å². The highest BCUT2D eigenvalue weighted by atomic mass is 31.2. The van der Waals surface area contributed by atoms with E-state index in [0.29, 0.717) is 13.0 Å². The number of esters is 1. The third kappa shape index (κ3) is 34.8. The summed E-state index contributed by atoms with van der Waals surface area (Å²) < 4.78 is 33.2. The maximum Gasteiger partial charge on any atom is 0.472 e. The number of unbranched alkanes of at least 4 members (excludes halogenated alkanes) is 19. The molecule has 0 saturated carbocycles. The van der Waals surface area contributed by atoms with Crippen LogP contribution in [0.1, 0.15) is 168 Å². The average molecular weight is 705 g/mol. The number of aliphatic hydroxyl groups excluding tert-OH is 2. The van der Waals surface area contributed by atoms with Gasteiger partial charge in [-0.15, -0.1) is 0 Å². The lowest BCUT2D eigenvalue weighted by Crippen LogP contribution is -2.29. The Hall–Kier alpha value is -1.06. The first-order valence-electron chi connectivity index (χ1n) is 19.3. The first-order chi connectivity index (χ1) is 23.3. The summed E-state index contributed by atoms with van der Waals surface area (Å²) in [5.74, 6) is -0.396. The average Bonchev–Trinajstić information content (AvgIpc) is 3.07. The van der Waals surface area contributed by atoms with Crippen molar-refractivity contribution in [2.75, 3.05) is 33.0 Å². The number of phosphoric ester groups is 1. The molecule has 0 spiro atoms. The first-order valence-corrected chi connectivity index (χ1v) is 20.8. The molecule has 0 fully saturated rings. The Morgan fingerprint density at radius 1 is 0.646 bits per heavy atom. The Morgan fingerprint density at radius 2 is 1.12 bits per heavy atom. The molecule has 0 aliphatic rings. The molecular weight excluding hydrogens is 631 g/mol. The van der Waals surface area contributed by atoms with Gasteiger partial charge in [0.2, 0.25) is 0 Å². The maximum absolute atomic E-state index is 12.5. The zero-order valence-electron chi connectivity index (χ0n) is 30.7. The van der Waals surface area contributed by atoms with Gasteiger partial charge in [0.15, 0.2) is 0 Å². The summed E-state index contributed by atoms with van der Waals surface area (Å²) >= 11 is 0. The van der Waals surface area contributed by atoms with Gasteiger partial charge < -0.3 is 24.6 Å². The minimum atomic E-state index is -4.51. The molecule has 0 saturated heterocycles. The molecule has 0 heterocycles. The van der Waals surface area contributed by atoms with Crippen molar-refractivity contribution in [1.29, 1.82) is 0 Å². The smallest absolute Gasteiger partial charge is 0.457 e. The van der Waals surface area contributed by atoms with E-state index < -0.39 is 39.2 Å². The molecular formula is C38H73O9P. The molecule has 0 aromatic heterocycles. The molecule has 0 amide bonds. The van der Waals surface area contributed by atoms with Gasteiger partial charge in [-0.3, -0.25) is 13.8 Å². The van der Waals surface area contributed by atoms with Gasteiger partial charge in [-0.1, -0.05) is 141 Å². The third-order valence-corrected chi connectivity index (χ3v) is 9.09. The van der Waals surface area contributed by atoms with Crippen LogP contribution < -0.4 is 0 Å². The molecule has 3 unspecified atom stereocenters. The molecule has 0 radical (unpaired) electrons. The van der Waals surface area contributed by atoms with Crippen LogP contribution in [0.3, 0.4) is 0 Å². The molecule has 48 heavy (non-hydrogen) atoms. The van der Waals surface area contributed by atoms with Gasteiger partial charge in [0.1, 0.15) is 12.2 Å². The molecule has 9 nitrogen and oxygen atoms in total. The number of carbonyl (C=O) groups is 1. The number of phosphoric acid groups is 1. The van der Waals surface area contributed by atoms with Crippen molar-refractivity contribution < 1.29 is 43.0 Å². The fraction of sp³-hybridized carbons (Fsp3) is 0.868. The summed E-state index contributed by atoms with van der Waals surface area (Å²) in [6, 6.07) is 0. The Bertz CT molecular complexity index is 805. The molecule has 0 aromatic rings. The molecule has 10 heteroatoms. The minimum Gasteiger partial charge on any atom is -0.457 e. The van der Waals surface area contributed by atoms with Crippen LogP contribution in [0.15, 0.2) is 24.3 Å². The molecule has 0 aliphatic heterocycles. The summed E-state index contributed by atoms with van der Waals surface area (Å²) in [7, 11) is -4.51. The van der Waals surface area contributed by atoms with Gasteiger partial charge in [0, 0.05) is 13.0 Å². The highest BCUT2D eigenvalue weighted by Crippen LogP contribution is 2.43. The summed E-state index contributed by atoms with van der Waals surface area (Å²) in [5.41, 5.74) is 0. The van der Waals surface area contributed by atoms with E-state index in [1.165, 1.54) is 89.9 Å². The highest BCUT2D eigenvalue weighted by Gasteiger charge is 2.26. The Balaban J connectivity index is 4.25. The van der Waals surface area contributed by atoms with Gasteiger partial charge in [-0.25, -0.2) is 4.57 Å². The quantitative estimate of drug-likeness (QED) is 0.0250. The van der Waals surface area contributed by atoms with E-state index in [0.717, 1.165) is 51.4 Å². The second kappa shape index (κ2) is 35.8. The zero-order chi connectivity index (χ0) is 35.4. The number of aliphatic hydroxyl groups is 2. The maximum atomic E-state index is 12.5. The van der Waals surface area contributed by atoms with E-state index in [1.807, 2.05) is 0 Å². The molecule has 0 bridgehead atoms. The third-order valence-electron chi connectivity index (χ3n) is 8.14. The SMILES string of the molecule is CCCCC/C=C\C/C=C\CCCCCCCC(=O)OC(COCCCCCCCCCCCCCC)COP(=O)(O)OCC(O)CO. The van der Waals surface area contributed by atoms with Crippen LogP contribution in [0.4, 0.5) is 0 Å². The second-order valence-corrected chi connectivity index (χ2v) is 14.4. The fourth-order valence-electron chi connectivity index (χ4n) is 5.15. The number of carbonyl (C=O) groups excluding carboxylic acids is 1. The number of allylic oxidation sites excluding steroid dienone is 4. The van der Waals surface area contributed by atoms with E-state index in [-0.39, 0.29) is 19.6 Å². The van der Waals surface area contributed by atoms with Crippen LogP contribution in [-0.4, -0.2) is 66.3 Å². The second-order valence-electron chi connectivity index (χ2n) is 13.0. The van der Waals surface area contributed by atoms with Crippen molar-refractivity contribution in [2.45, 2.75) is 180 Å². The summed E-state index contributed by atoms with van der Waals surface area (Å²) in [6.45, 7) is 3.47. The summed E-state index contributed by atoms with van der Waals surface area (Å²) in [6.07, 6.45) is 34.1. The van der Waals surface area contributed by atoms with Gasteiger partial charge in [0.05, 0.1) is 26.4 Å². The van der Waals surface area contributed by atoms with Crippen molar-refractivity contribution in [2.24, 2.45) is 0 Å².